The minimum absolute atomic E-state index is 0.110. The molecule has 0 bridgehead atoms. The van der Waals surface area contributed by atoms with Crippen LogP contribution in [0.25, 0.3) is 0 Å². The smallest absolute Gasteiger partial charge is 0.251 e. The Morgan fingerprint density at radius 1 is 1.24 bits per heavy atom. The number of benzene rings is 1. The molecule has 0 spiro atoms. The molecule has 0 unspecified atom stereocenters. The number of rotatable bonds is 4. The number of amides is 2. The SMILES string of the molecule is Cc1cccnc1NC(=O)CNC(=O)c1cccc(Br)c1. The van der Waals surface area contributed by atoms with Crippen LogP contribution in [0.1, 0.15) is 15.9 Å². The zero-order valence-corrected chi connectivity index (χ0v) is 13.0. The Labute approximate surface area is 130 Å². The molecular formula is C15H14BrN3O2. The number of anilines is 1. The fraction of sp³-hybridized carbons (Fsp3) is 0.133. The van der Waals surface area contributed by atoms with E-state index in [-0.39, 0.29) is 18.4 Å². The highest BCUT2D eigenvalue weighted by Crippen LogP contribution is 2.11. The number of aromatic nitrogens is 1. The molecule has 0 aliphatic heterocycles. The Kier molecular flexibility index (Phi) is 5.05. The third-order valence-corrected chi connectivity index (χ3v) is 3.26. The molecule has 1 aromatic heterocycles. The maximum absolute atomic E-state index is 11.9. The Morgan fingerprint density at radius 2 is 2.05 bits per heavy atom. The molecule has 0 saturated heterocycles. The van der Waals surface area contributed by atoms with E-state index >= 15 is 0 Å². The van der Waals surface area contributed by atoms with E-state index in [0.717, 1.165) is 10.0 Å². The standard InChI is InChI=1S/C15H14BrN3O2/c1-10-4-3-7-17-14(10)19-13(20)9-18-15(21)11-5-2-6-12(16)8-11/h2-8H,9H2,1H3,(H,18,21)(H,17,19,20). The zero-order chi connectivity index (χ0) is 15.2. The molecule has 2 rings (SSSR count). The first-order chi connectivity index (χ1) is 10.1. The summed E-state index contributed by atoms with van der Waals surface area (Å²) >= 11 is 3.30. The van der Waals surface area contributed by atoms with Crippen LogP contribution in [0.3, 0.4) is 0 Å². The van der Waals surface area contributed by atoms with Gasteiger partial charge in [-0.3, -0.25) is 9.59 Å². The van der Waals surface area contributed by atoms with Gasteiger partial charge in [0, 0.05) is 16.2 Å². The molecule has 2 amide bonds. The van der Waals surface area contributed by atoms with Crippen molar-refractivity contribution in [2.24, 2.45) is 0 Å². The van der Waals surface area contributed by atoms with Crippen LogP contribution < -0.4 is 10.6 Å². The average Bonchev–Trinajstić information content (AvgIpc) is 2.47. The second kappa shape index (κ2) is 6.99. The molecule has 1 heterocycles. The average molecular weight is 348 g/mol. The Bertz CT molecular complexity index is 673. The molecule has 2 N–H and O–H groups in total. The second-order valence-electron chi connectivity index (χ2n) is 4.41. The maximum Gasteiger partial charge on any atom is 0.251 e. The summed E-state index contributed by atoms with van der Waals surface area (Å²) in [4.78, 5) is 27.7. The lowest BCUT2D eigenvalue weighted by Crippen LogP contribution is -2.33. The first-order valence-corrected chi connectivity index (χ1v) is 7.11. The molecule has 6 heteroatoms. The van der Waals surface area contributed by atoms with Gasteiger partial charge in [0.25, 0.3) is 5.91 Å². The number of carbonyl (C=O) groups excluding carboxylic acids is 2. The fourth-order valence-electron chi connectivity index (χ4n) is 1.69. The van der Waals surface area contributed by atoms with Crippen molar-refractivity contribution in [3.8, 4) is 0 Å². The number of hydrogen-bond acceptors (Lipinski definition) is 3. The number of nitrogens with one attached hydrogen (secondary N) is 2. The predicted molar refractivity (Wildman–Crippen MR) is 84.1 cm³/mol. The number of pyridine rings is 1. The van der Waals surface area contributed by atoms with Crippen molar-refractivity contribution in [2.75, 3.05) is 11.9 Å². The van der Waals surface area contributed by atoms with E-state index in [9.17, 15) is 9.59 Å². The lowest BCUT2D eigenvalue weighted by Gasteiger charge is -2.08. The Morgan fingerprint density at radius 3 is 2.76 bits per heavy atom. The summed E-state index contributed by atoms with van der Waals surface area (Å²) < 4.78 is 0.809. The van der Waals surface area contributed by atoms with Gasteiger partial charge in [0.15, 0.2) is 0 Å². The molecule has 108 valence electrons. The predicted octanol–water partition coefficient (Wildman–Crippen LogP) is 2.52. The van der Waals surface area contributed by atoms with E-state index in [1.165, 1.54) is 0 Å². The maximum atomic E-state index is 11.9. The monoisotopic (exact) mass is 347 g/mol. The van der Waals surface area contributed by atoms with Gasteiger partial charge in [-0.2, -0.15) is 0 Å². The van der Waals surface area contributed by atoms with Gasteiger partial charge in [-0.15, -0.1) is 0 Å². The molecule has 0 aliphatic rings. The molecule has 0 aliphatic carbocycles. The van der Waals surface area contributed by atoms with Gasteiger partial charge in [0.2, 0.25) is 5.91 Å². The third kappa shape index (κ3) is 4.39. The molecule has 5 nitrogen and oxygen atoms in total. The van der Waals surface area contributed by atoms with Crippen LogP contribution >= 0.6 is 15.9 Å². The fourth-order valence-corrected chi connectivity index (χ4v) is 2.08. The van der Waals surface area contributed by atoms with Crippen molar-refractivity contribution in [1.82, 2.24) is 10.3 Å². The molecular weight excluding hydrogens is 334 g/mol. The van der Waals surface area contributed by atoms with Gasteiger partial charge in [-0.25, -0.2) is 4.98 Å². The molecule has 0 radical (unpaired) electrons. The van der Waals surface area contributed by atoms with Gasteiger partial charge in [-0.05, 0) is 36.8 Å². The van der Waals surface area contributed by atoms with Gasteiger partial charge < -0.3 is 10.6 Å². The van der Waals surface area contributed by atoms with Gasteiger partial charge in [0.05, 0.1) is 6.54 Å². The van der Waals surface area contributed by atoms with Gasteiger partial charge in [0.1, 0.15) is 5.82 Å². The number of hydrogen-bond donors (Lipinski definition) is 2. The van der Waals surface area contributed by atoms with Crippen molar-refractivity contribution in [1.29, 1.82) is 0 Å². The van der Waals surface area contributed by atoms with Crippen LogP contribution in [0.5, 0.6) is 0 Å². The van der Waals surface area contributed by atoms with Gasteiger partial charge >= 0.3 is 0 Å². The zero-order valence-electron chi connectivity index (χ0n) is 11.4. The number of carbonyl (C=O) groups is 2. The lowest BCUT2D eigenvalue weighted by molar-refractivity contribution is -0.115. The van der Waals surface area contributed by atoms with Gasteiger partial charge in [-0.1, -0.05) is 28.1 Å². The summed E-state index contributed by atoms with van der Waals surface area (Å²) in [5.74, 6) is -0.122. The topological polar surface area (TPSA) is 71.1 Å². The van der Waals surface area contributed by atoms with Crippen LogP contribution in [-0.2, 0) is 4.79 Å². The first-order valence-electron chi connectivity index (χ1n) is 6.31. The van der Waals surface area contributed by atoms with Crippen LogP contribution in [0.15, 0.2) is 47.1 Å². The second-order valence-corrected chi connectivity index (χ2v) is 5.33. The van der Waals surface area contributed by atoms with Crippen LogP contribution in [0.2, 0.25) is 0 Å². The number of nitrogens with zero attached hydrogens (tertiary/aromatic N) is 1. The van der Waals surface area contributed by atoms with E-state index < -0.39 is 0 Å². The molecule has 0 saturated carbocycles. The molecule has 0 atom stereocenters. The molecule has 21 heavy (non-hydrogen) atoms. The minimum atomic E-state index is -0.319. The lowest BCUT2D eigenvalue weighted by atomic mass is 10.2. The normalized spacial score (nSPS) is 10.0. The van der Waals surface area contributed by atoms with Crippen molar-refractivity contribution in [3.05, 3.63) is 58.2 Å². The van der Waals surface area contributed by atoms with Crippen LogP contribution in [0, 0.1) is 6.92 Å². The summed E-state index contributed by atoms with van der Waals surface area (Å²) in [5, 5.41) is 5.22. The largest absolute Gasteiger partial charge is 0.343 e. The quantitative estimate of drug-likeness (QED) is 0.892. The summed E-state index contributed by atoms with van der Waals surface area (Å²) in [7, 11) is 0. The van der Waals surface area contributed by atoms with Crippen molar-refractivity contribution >= 4 is 33.6 Å². The number of aryl methyl sites for hydroxylation is 1. The summed E-state index contributed by atoms with van der Waals surface area (Å²) in [5.41, 5.74) is 1.36. The Hall–Kier alpha value is -2.21. The summed E-state index contributed by atoms with van der Waals surface area (Å²) in [6.45, 7) is 1.74. The Balaban J connectivity index is 1.90. The molecule has 1 aromatic carbocycles. The molecule has 2 aromatic rings. The van der Waals surface area contributed by atoms with Crippen molar-refractivity contribution < 1.29 is 9.59 Å². The number of halogens is 1. The van der Waals surface area contributed by atoms with Crippen molar-refractivity contribution in [2.45, 2.75) is 6.92 Å². The molecule has 0 fully saturated rings. The van der Waals surface area contributed by atoms with E-state index in [4.69, 9.17) is 0 Å². The van der Waals surface area contributed by atoms with E-state index in [2.05, 4.69) is 31.5 Å². The minimum Gasteiger partial charge on any atom is -0.343 e. The van der Waals surface area contributed by atoms with E-state index in [1.807, 2.05) is 19.1 Å². The highest BCUT2D eigenvalue weighted by Gasteiger charge is 2.09. The highest BCUT2D eigenvalue weighted by atomic mass is 79.9. The highest BCUT2D eigenvalue weighted by molar-refractivity contribution is 9.10. The van der Waals surface area contributed by atoms with Crippen LogP contribution in [-0.4, -0.2) is 23.3 Å². The third-order valence-electron chi connectivity index (χ3n) is 2.76. The summed E-state index contributed by atoms with van der Waals surface area (Å²) in [6.07, 6.45) is 1.60. The first kappa shape index (κ1) is 15.2. The van der Waals surface area contributed by atoms with E-state index in [1.54, 1.807) is 30.5 Å². The van der Waals surface area contributed by atoms with E-state index in [0.29, 0.717) is 11.4 Å². The van der Waals surface area contributed by atoms with Crippen molar-refractivity contribution in [3.63, 3.8) is 0 Å². The summed E-state index contributed by atoms with van der Waals surface area (Å²) in [6, 6.07) is 10.6. The van der Waals surface area contributed by atoms with Crippen LogP contribution in [0.4, 0.5) is 5.82 Å².